The van der Waals surface area contributed by atoms with Gasteiger partial charge in [0, 0.05) is 25.7 Å². The molecule has 0 saturated heterocycles. The number of hydrogen-bond donors (Lipinski definition) is 2. The van der Waals surface area contributed by atoms with E-state index in [1.165, 1.54) is 11.1 Å². The van der Waals surface area contributed by atoms with Gasteiger partial charge in [-0.25, -0.2) is 4.99 Å². The number of fused-ring (bicyclic) bond motifs is 1. The summed E-state index contributed by atoms with van der Waals surface area (Å²) < 4.78 is 10.6. The van der Waals surface area contributed by atoms with Crippen molar-refractivity contribution in [3.8, 4) is 11.5 Å². The van der Waals surface area contributed by atoms with Gasteiger partial charge in [0.2, 0.25) is 0 Å². The minimum Gasteiger partial charge on any atom is -0.493 e. The molecule has 0 aromatic heterocycles. The smallest absolute Gasteiger partial charge is 0.188 e. The fourth-order valence-corrected chi connectivity index (χ4v) is 4.01. The van der Waals surface area contributed by atoms with E-state index in [1.54, 1.807) is 14.2 Å². The molecular weight excluding hydrogens is 376 g/mol. The minimum absolute atomic E-state index is 0.396. The lowest BCUT2D eigenvalue weighted by Crippen LogP contribution is -2.49. The summed E-state index contributed by atoms with van der Waals surface area (Å²) in [4.78, 5) is 7.06. The Balaban J connectivity index is 1.58. The Hall–Kier alpha value is -2.73. The summed E-state index contributed by atoms with van der Waals surface area (Å²) in [7, 11) is 3.26. The second-order valence-electron chi connectivity index (χ2n) is 8.07. The maximum atomic E-state index is 6.17. The molecule has 0 aliphatic carbocycles. The van der Waals surface area contributed by atoms with E-state index in [2.05, 4.69) is 53.3 Å². The van der Waals surface area contributed by atoms with Gasteiger partial charge in [-0.15, -0.1) is 0 Å². The van der Waals surface area contributed by atoms with Crippen LogP contribution in [0.15, 0.2) is 47.5 Å². The molecule has 0 saturated carbocycles. The van der Waals surface area contributed by atoms with Crippen LogP contribution >= 0.6 is 0 Å². The summed E-state index contributed by atoms with van der Waals surface area (Å²) in [5.41, 5.74) is 10.1. The Bertz CT molecular complexity index is 866. The van der Waals surface area contributed by atoms with Crippen LogP contribution in [-0.2, 0) is 19.5 Å². The highest BCUT2D eigenvalue weighted by atomic mass is 16.5. The molecule has 6 nitrogen and oxygen atoms in total. The first-order valence-corrected chi connectivity index (χ1v) is 10.6. The Labute approximate surface area is 180 Å². The van der Waals surface area contributed by atoms with E-state index in [-0.39, 0.29) is 0 Å². The Kier molecular flexibility index (Phi) is 7.57. The zero-order chi connectivity index (χ0) is 21.5. The molecule has 3 rings (SSSR count). The molecule has 1 unspecified atom stereocenters. The van der Waals surface area contributed by atoms with Crippen LogP contribution in [0.5, 0.6) is 11.5 Å². The van der Waals surface area contributed by atoms with Crippen molar-refractivity contribution in [2.75, 3.05) is 27.3 Å². The van der Waals surface area contributed by atoms with Crippen LogP contribution in [0, 0.1) is 5.92 Å². The van der Waals surface area contributed by atoms with Crippen LogP contribution in [0.3, 0.4) is 0 Å². The molecule has 0 spiro atoms. The van der Waals surface area contributed by atoms with Crippen LogP contribution in [-0.4, -0.2) is 44.2 Å². The van der Waals surface area contributed by atoms with E-state index in [9.17, 15) is 0 Å². The van der Waals surface area contributed by atoms with Crippen LogP contribution in [0.2, 0.25) is 0 Å². The molecular formula is C24H34N4O2. The van der Waals surface area contributed by atoms with Crippen LogP contribution in [0.1, 0.15) is 30.5 Å². The molecule has 1 atom stereocenters. The Morgan fingerprint density at radius 3 is 2.53 bits per heavy atom. The number of hydrogen-bond acceptors (Lipinski definition) is 4. The lowest BCUT2D eigenvalue weighted by Gasteiger charge is -2.38. The third kappa shape index (κ3) is 5.45. The van der Waals surface area contributed by atoms with Gasteiger partial charge in [-0.2, -0.15) is 0 Å². The molecule has 2 aromatic carbocycles. The van der Waals surface area contributed by atoms with Crippen molar-refractivity contribution >= 4 is 5.96 Å². The predicted molar refractivity (Wildman–Crippen MR) is 122 cm³/mol. The molecule has 2 aromatic rings. The zero-order valence-electron chi connectivity index (χ0n) is 18.5. The van der Waals surface area contributed by atoms with E-state index in [0.717, 1.165) is 31.6 Å². The average Bonchev–Trinajstić information content (AvgIpc) is 2.77. The quantitative estimate of drug-likeness (QED) is 0.517. The maximum Gasteiger partial charge on any atom is 0.188 e. The molecule has 1 heterocycles. The molecule has 6 heteroatoms. The largest absolute Gasteiger partial charge is 0.493 e. The highest BCUT2D eigenvalue weighted by molar-refractivity contribution is 5.77. The lowest BCUT2D eigenvalue weighted by atomic mass is 9.95. The van der Waals surface area contributed by atoms with Gasteiger partial charge in [-0.05, 0) is 41.2 Å². The third-order valence-corrected chi connectivity index (χ3v) is 5.77. The molecule has 0 amide bonds. The third-order valence-electron chi connectivity index (χ3n) is 5.77. The monoisotopic (exact) mass is 410 g/mol. The van der Waals surface area contributed by atoms with Crippen LogP contribution in [0.25, 0.3) is 0 Å². The van der Waals surface area contributed by atoms with Gasteiger partial charge >= 0.3 is 0 Å². The summed E-state index contributed by atoms with van der Waals surface area (Å²) in [6.07, 6.45) is 1.10. The standard InChI is InChI=1S/C24H34N4O2/c1-17(2)21(28-12-11-19-7-5-6-8-20(19)16-28)15-27-24(25)26-14-18-9-10-22(29-3)23(13-18)30-4/h5-10,13,17,21H,11-12,14-16H2,1-4H3,(H3,25,26,27). The van der Waals surface area contributed by atoms with Gasteiger partial charge in [-0.3, -0.25) is 4.90 Å². The average molecular weight is 411 g/mol. The Morgan fingerprint density at radius 2 is 1.83 bits per heavy atom. The highest BCUT2D eigenvalue weighted by Crippen LogP contribution is 2.27. The van der Waals surface area contributed by atoms with Gasteiger partial charge < -0.3 is 20.5 Å². The van der Waals surface area contributed by atoms with Crippen molar-refractivity contribution in [2.24, 2.45) is 16.6 Å². The van der Waals surface area contributed by atoms with E-state index in [1.807, 2.05) is 18.2 Å². The SMILES string of the molecule is COc1ccc(CN=C(N)NCC(C(C)C)N2CCc3ccccc3C2)cc1OC. The number of aliphatic imine (C=N–C) groups is 1. The number of methoxy groups -OCH3 is 2. The molecule has 0 bridgehead atoms. The van der Waals surface area contributed by atoms with Gasteiger partial charge in [-0.1, -0.05) is 44.2 Å². The van der Waals surface area contributed by atoms with Crippen molar-refractivity contribution in [1.29, 1.82) is 0 Å². The van der Waals surface area contributed by atoms with Crippen molar-refractivity contribution in [3.63, 3.8) is 0 Å². The van der Waals surface area contributed by atoms with Crippen molar-refractivity contribution in [1.82, 2.24) is 10.2 Å². The molecule has 3 N–H and O–H groups in total. The molecule has 1 aliphatic heterocycles. The minimum atomic E-state index is 0.396. The van der Waals surface area contributed by atoms with Crippen molar-refractivity contribution in [2.45, 2.75) is 39.4 Å². The number of guanidine groups is 1. The highest BCUT2D eigenvalue weighted by Gasteiger charge is 2.25. The molecule has 0 radical (unpaired) electrons. The molecule has 30 heavy (non-hydrogen) atoms. The fraction of sp³-hybridized carbons (Fsp3) is 0.458. The number of nitrogens with one attached hydrogen (secondary N) is 1. The zero-order valence-corrected chi connectivity index (χ0v) is 18.5. The first-order valence-electron chi connectivity index (χ1n) is 10.6. The van der Waals surface area contributed by atoms with Crippen LogP contribution in [0.4, 0.5) is 0 Å². The predicted octanol–water partition coefficient (Wildman–Crippen LogP) is 3.19. The van der Waals surface area contributed by atoms with E-state index in [0.29, 0.717) is 36.0 Å². The van der Waals surface area contributed by atoms with Crippen molar-refractivity contribution in [3.05, 3.63) is 59.2 Å². The first kappa shape index (κ1) is 22.0. The number of nitrogens with two attached hydrogens (primary N) is 1. The van der Waals surface area contributed by atoms with Gasteiger partial charge in [0.1, 0.15) is 0 Å². The maximum absolute atomic E-state index is 6.17. The second kappa shape index (κ2) is 10.3. The number of nitrogens with zero attached hydrogens (tertiary/aromatic N) is 2. The summed E-state index contributed by atoms with van der Waals surface area (Å²) >= 11 is 0. The van der Waals surface area contributed by atoms with E-state index >= 15 is 0 Å². The molecule has 0 fully saturated rings. The van der Waals surface area contributed by atoms with Gasteiger partial charge in [0.25, 0.3) is 0 Å². The van der Waals surface area contributed by atoms with E-state index in [4.69, 9.17) is 15.2 Å². The summed E-state index contributed by atoms with van der Waals surface area (Å²) in [5, 5.41) is 3.34. The van der Waals surface area contributed by atoms with Gasteiger partial charge in [0.15, 0.2) is 17.5 Å². The number of rotatable bonds is 8. The number of ether oxygens (including phenoxy) is 2. The topological polar surface area (TPSA) is 72.1 Å². The van der Waals surface area contributed by atoms with E-state index < -0.39 is 0 Å². The molecule has 162 valence electrons. The second-order valence-corrected chi connectivity index (χ2v) is 8.07. The summed E-state index contributed by atoms with van der Waals surface area (Å²) in [6.45, 7) is 7.87. The normalized spacial score (nSPS) is 15.6. The number of benzene rings is 2. The summed E-state index contributed by atoms with van der Waals surface area (Å²) in [6, 6.07) is 14.9. The molecule has 1 aliphatic rings. The summed E-state index contributed by atoms with van der Waals surface area (Å²) in [5.74, 6) is 2.38. The van der Waals surface area contributed by atoms with Crippen LogP contribution < -0.4 is 20.5 Å². The van der Waals surface area contributed by atoms with Gasteiger partial charge in [0.05, 0.1) is 20.8 Å². The first-order chi connectivity index (χ1) is 14.5. The van der Waals surface area contributed by atoms with Crippen molar-refractivity contribution < 1.29 is 9.47 Å². The Morgan fingerprint density at radius 1 is 1.10 bits per heavy atom. The lowest BCUT2D eigenvalue weighted by molar-refractivity contribution is 0.140. The fourth-order valence-electron chi connectivity index (χ4n) is 4.01.